The Hall–Kier alpha value is -1.52. The highest BCUT2D eigenvalue weighted by Crippen LogP contribution is 2.20. The van der Waals surface area contributed by atoms with Gasteiger partial charge in [0, 0.05) is 52.2 Å². The number of rotatable bonds is 7. The van der Waals surface area contributed by atoms with Crippen molar-refractivity contribution in [1.29, 1.82) is 0 Å². The van der Waals surface area contributed by atoms with Crippen molar-refractivity contribution in [2.45, 2.75) is 73.1 Å². The molecule has 1 saturated heterocycles. The molecule has 1 fully saturated rings. The van der Waals surface area contributed by atoms with Crippen LogP contribution in [-0.2, 0) is 17.8 Å². The summed E-state index contributed by atoms with van der Waals surface area (Å²) in [5.74, 6) is 3.00. The maximum atomic E-state index is 12.4. The van der Waals surface area contributed by atoms with E-state index in [4.69, 9.17) is 4.74 Å². The number of imidazole rings is 1. The van der Waals surface area contributed by atoms with E-state index in [0.717, 1.165) is 50.8 Å². The lowest BCUT2D eigenvalue weighted by molar-refractivity contribution is 0.0214. The van der Waals surface area contributed by atoms with Crippen LogP contribution in [0.25, 0.3) is 0 Å². The molecule has 32 heavy (non-hydrogen) atoms. The fourth-order valence-electron chi connectivity index (χ4n) is 3.86. The Morgan fingerprint density at radius 1 is 1.34 bits per heavy atom. The third-order valence-electron chi connectivity index (χ3n) is 5.41. The average molecular weight is 563 g/mol. The van der Waals surface area contributed by atoms with Crippen LogP contribution in [0.15, 0.2) is 17.4 Å². The third-order valence-corrected chi connectivity index (χ3v) is 5.41. The molecule has 8 nitrogen and oxygen atoms in total. The van der Waals surface area contributed by atoms with Gasteiger partial charge in [0.15, 0.2) is 5.96 Å². The summed E-state index contributed by atoms with van der Waals surface area (Å²) in [6.07, 6.45) is 5.74. The molecule has 1 aliphatic rings. The van der Waals surface area contributed by atoms with Crippen molar-refractivity contribution < 1.29 is 9.53 Å². The van der Waals surface area contributed by atoms with Gasteiger partial charge in [-0.3, -0.25) is 4.99 Å². The molecule has 184 valence electrons. The molecule has 0 saturated carbocycles. The highest BCUT2D eigenvalue weighted by atomic mass is 127. The summed E-state index contributed by atoms with van der Waals surface area (Å²) in [7, 11) is 1.83. The van der Waals surface area contributed by atoms with Gasteiger partial charge in [-0.1, -0.05) is 13.8 Å². The number of nitrogens with zero attached hydrogens (tertiary/aromatic N) is 5. The van der Waals surface area contributed by atoms with Gasteiger partial charge in [-0.05, 0) is 52.4 Å². The van der Waals surface area contributed by atoms with Crippen molar-refractivity contribution in [1.82, 2.24) is 24.7 Å². The van der Waals surface area contributed by atoms with Gasteiger partial charge in [0.25, 0.3) is 0 Å². The van der Waals surface area contributed by atoms with Gasteiger partial charge in [0.2, 0.25) is 0 Å². The number of amides is 1. The maximum Gasteiger partial charge on any atom is 0.410 e. The molecule has 0 aliphatic carbocycles. The molecule has 2 heterocycles. The Bertz CT molecular complexity index is 720. The van der Waals surface area contributed by atoms with E-state index < -0.39 is 5.60 Å². The van der Waals surface area contributed by atoms with E-state index >= 15 is 0 Å². The number of carbonyl (C=O) groups excluding carboxylic acids is 1. The summed E-state index contributed by atoms with van der Waals surface area (Å²) < 4.78 is 7.75. The Labute approximate surface area is 211 Å². The van der Waals surface area contributed by atoms with E-state index in [2.05, 4.69) is 38.6 Å². The predicted octanol–water partition coefficient (Wildman–Crippen LogP) is 4.20. The standard InChI is InChI=1S/C23H42N6O2.HI/c1-8-27(22(30)31-23(4,5)6)17-19-9-12-28(13-10-19)21(24-7)26-15-20-25-11-14-29(20)16-18(2)3;/h11,14,18-19H,8-10,12-13,15-17H2,1-7H3,(H,24,26);1H. The SMILES string of the molecule is CCN(CC1CCN(C(=NC)NCc2nccn2CC(C)C)CC1)C(=O)OC(C)(C)C.I. The minimum Gasteiger partial charge on any atom is -0.444 e. The van der Waals surface area contributed by atoms with Gasteiger partial charge in [0.1, 0.15) is 11.4 Å². The first-order valence-electron chi connectivity index (χ1n) is 11.6. The van der Waals surface area contributed by atoms with Crippen molar-refractivity contribution in [3.8, 4) is 0 Å². The van der Waals surface area contributed by atoms with E-state index in [1.807, 2.05) is 52.0 Å². The minimum absolute atomic E-state index is 0. The quantitative estimate of drug-likeness (QED) is 0.307. The van der Waals surface area contributed by atoms with E-state index in [9.17, 15) is 4.79 Å². The molecular weight excluding hydrogens is 519 g/mol. The lowest BCUT2D eigenvalue weighted by Gasteiger charge is -2.36. The number of hydrogen-bond acceptors (Lipinski definition) is 4. The Kier molecular flexibility index (Phi) is 11.8. The van der Waals surface area contributed by atoms with Crippen LogP contribution in [0.5, 0.6) is 0 Å². The molecule has 1 aromatic rings. The molecule has 1 aliphatic heterocycles. The molecular formula is C23H43IN6O2. The topological polar surface area (TPSA) is 75.0 Å². The largest absolute Gasteiger partial charge is 0.444 e. The number of carbonyl (C=O) groups is 1. The Morgan fingerprint density at radius 2 is 2.00 bits per heavy atom. The number of halogens is 1. The number of guanidine groups is 1. The first kappa shape index (κ1) is 28.5. The number of aliphatic imine (C=N–C) groups is 1. The summed E-state index contributed by atoms with van der Waals surface area (Å²) in [5.41, 5.74) is -0.462. The van der Waals surface area contributed by atoms with E-state index in [1.165, 1.54) is 0 Å². The van der Waals surface area contributed by atoms with Crippen LogP contribution in [0.2, 0.25) is 0 Å². The van der Waals surface area contributed by atoms with Crippen molar-refractivity contribution in [3.63, 3.8) is 0 Å². The van der Waals surface area contributed by atoms with Crippen LogP contribution >= 0.6 is 24.0 Å². The van der Waals surface area contributed by atoms with Crippen LogP contribution in [0.4, 0.5) is 4.79 Å². The second-order valence-corrected chi connectivity index (χ2v) is 9.74. The second-order valence-electron chi connectivity index (χ2n) is 9.74. The van der Waals surface area contributed by atoms with Crippen LogP contribution in [-0.4, -0.2) is 70.2 Å². The van der Waals surface area contributed by atoms with Crippen molar-refractivity contribution in [2.24, 2.45) is 16.8 Å². The molecule has 1 aromatic heterocycles. The predicted molar refractivity (Wildman–Crippen MR) is 140 cm³/mol. The van der Waals surface area contributed by atoms with Crippen LogP contribution < -0.4 is 5.32 Å². The highest BCUT2D eigenvalue weighted by molar-refractivity contribution is 14.0. The number of ether oxygens (including phenoxy) is 1. The third kappa shape index (κ3) is 9.15. The van der Waals surface area contributed by atoms with Crippen LogP contribution in [0.3, 0.4) is 0 Å². The number of likely N-dealkylation sites (tertiary alicyclic amines) is 1. The minimum atomic E-state index is -0.462. The lowest BCUT2D eigenvalue weighted by Crippen LogP contribution is -2.47. The van der Waals surface area contributed by atoms with Gasteiger partial charge < -0.3 is 24.4 Å². The van der Waals surface area contributed by atoms with Crippen molar-refractivity contribution in [3.05, 3.63) is 18.2 Å². The van der Waals surface area contributed by atoms with Crippen molar-refractivity contribution in [2.75, 3.05) is 33.2 Å². The summed E-state index contributed by atoms with van der Waals surface area (Å²) in [6, 6.07) is 0. The zero-order valence-electron chi connectivity index (χ0n) is 20.9. The average Bonchev–Trinajstić information content (AvgIpc) is 3.12. The van der Waals surface area contributed by atoms with Gasteiger partial charge in [-0.15, -0.1) is 24.0 Å². The molecule has 1 N–H and O–H groups in total. The molecule has 0 bridgehead atoms. The van der Waals surface area contributed by atoms with E-state index in [0.29, 0.717) is 24.9 Å². The van der Waals surface area contributed by atoms with E-state index in [1.54, 1.807) is 0 Å². The summed E-state index contributed by atoms with van der Waals surface area (Å²) >= 11 is 0. The molecule has 1 amide bonds. The smallest absolute Gasteiger partial charge is 0.410 e. The van der Waals surface area contributed by atoms with Crippen molar-refractivity contribution >= 4 is 36.0 Å². The summed E-state index contributed by atoms with van der Waals surface area (Å²) in [6.45, 7) is 17.1. The monoisotopic (exact) mass is 562 g/mol. The molecule has 0 spiro atoms. The van der Waals surface area contributed by atoms with E-state index in [-0.39, 0.29) is 30.1 Å². The Balaban J connectivity index is 0.00000512. The highest BCUT2D eigenvalue weighted by Gasteiger charge is 2.27. The molecule has 0 unspecified atom stereocenters. The first-order valence-corrected chi connectivity index (χ1v) is 11.6. The molecule has 0 atom stereocenters. The first-order chi connectivity index (χ1) is 14.6. The molecule has 0 aromatic carbocycles. The zero-order chi connectivity index (χ0) is 23.0. The zero-order valence-corrected chi connectivity index (χ0v) is 23.3. The fourth-order valence-corrected chi connectivity index (χ4v) is 3.86. The fraction of sp³-hybridized carbons (Fsp3) is 0.783. The molecule has 2 rings (SSSR count). The van der Waals surface area contributed by atoms with Crippen LogP contribution in [0.1, 0.15) is 60.2 Å². The van der Waals surface area contributed by atoms with Gasteiger partial charge >= 0.3 is 6.09 Å². The van der Waals surface area contributed by atoms with Gasteiger partial charge in [-0.2, -0.15) is 0 Å². The maximum absolute atomic E-state index is 12.4. The lowest BCUT2D eigenvalue weighted by atomic mass is 9.96. The number of aromatic nitrogens is 2. The normalized spacial score (nSPS) is 15.5. The van der Waals surface area contributed by atoms with Gasteiger partial charge in [-0.25, -0.2) is 9.78 Å². The molecule has 0 radical (unpaired) electrons. The summed E-state index contributed by atoms with van der Waals surface area (Å²) in [5, 5.41) is 3.47. The number of piperidine rings is 1. The van der Waals surface area contributed by atoms with Gasteiger partial charge in [0.05, 0.1) is 6.54 Å². The second kappa shape index (κ2) is 13.3. The summed E-state index contributed by atoms with van der Waals surface area (Å²) in [4.78, 5) is 25.5. The number of hydrogen-bond donors (Lipinski definition) is 1. The number of nitrogens with one attached hydrogen (secondary N) is 1. The molecule has 9 heteroatoms. The van der Waals surface area contributed by atoms with Crippen LogP contribution in [0, 0.1) is 11.8 Å². The Morgan fingerprint density at radius 3 is 2.53 bits per heavy atom.